The number of alkyl halides is 2. The molecular weight excluding hydrogens is 190 g/mol. The van der Waals surface area contributed by atoms with Crippen molar-refractivity contribution in [2.45, 2.75) is 31.2 Å². The van der Waals surface area contributed by atoms with Crippen LogP contribution in [0.3, 0.4) is 0 Å². The lowest BCUT2D eigenvalue weighted by Gasteiger charge is -2.35. The normalized spacial score (nSPS) is 32.3. The van der Waals surface area contributed by atoms with Crippen LogP contribution in [0.15, 0.2) is 0 Å². The van der Waals surface area contributed by atoms with Gasteiger partial charge in [-0.05, 0) is 12.8 Å². The van der Waals surface area contributed by atoms with Crippen LogP contribution in [0.2, 0.25) is 0 Å². The highest BCUT2D eigenvalue weighted by molar-refractivity contribution is 5.79. The molecule has 0 spiro atoms. The fourth-order valence-electron chi connectivity index (χ4n) is 2.24. The first kappa shape index (κ1) is 9.83. The molecule has 0 aromatic rings. The van der Waals surface area contributed by atoms with Crippen molar-refractivity contribution in [1.82, 2.24) is 10.2 Å². The highest BCUT2D eigenvalue weighted by atomic mass is 19.3. The second kappa shape index (κ2) is 3.46. The van der Waals surface area contributed by atoms with Gasteiger partial charge in [-0.25, -0.2) is 8.78 Å². The number of halogens is 2. The Morgan fingerprint density at radius 1 is 1.50 bits per heavy atom. The van der Waals surface area contributed by atoms with Gasteiger partial charge >= 0.3 is 0 Å². The molecule has 1 saturated heterocycles. The minimum atomic E-state index is -2.67. The second-order valence-electron chi connectivity index (χ2n) is 3.93. The lowest BCUT2D eigenvalue weighted by Crippen LogP contribution is -2.56. The van der Waals surface area contributed by atoms with Crippen LogP contribution in [-0.2, 0) is 4.79 Å². The van der Waals surface area contributed by atoms with Crippen LogP contribution in [-0.4, -0.2) is 42.4 Å². The number of nitrogens with one attached hydrogen (secondary N) is 1. The number of carbonyl (C=O) groups excluding carboxylic acids is 1. The summed E-state index contributed by atoms with van der Waals surface area (Å²) >= 11 is 0. The molecule has 1 N–H and O–H groups in total. The van der Waals surface area contributed by atoms with E-state index in [0.29, 0.717) is 25.9 Å². The number of nitrogens with zero attached hydrogens (tertiary/aromatic N) is 1. The summed E-state index contributed by atoms with van der Waals surface area (Å²) in [5, 5.41) is 2.88. The molecule has 0 aromatic heterocycles. The van der Waals surface area contributed by atoms with Crippen molar-refractivity contribution in [3.63, 3.8) is 0 Å². The number of amides is 1. The molecule has 80 valence electrons. The average Bonchev–Trinajstić information content (AvgIpc) is 2.46. The van der Waals surface area contributed by atoms with Gasteiger partial charge in [0, 0.05) is 19.5 Å². The van der Waals surface area contributed by atoms with Gasteiger partial charge in [0.05, 0.1) is 12.6 Å². The van der Waals surface area contributed by atoms with Crippen LogP contribution >= 0.6 is 0 Å². The SMILES string of the molecule is O=C1CNCCN1C1CCCC1(F)F. The van der Waals surface area contributed by atoms with Gasteiger partial charge in [0.25, 0.3) is 5.92 Å². The predicted molar refractivity (Wildman–Crippen MR) is 47.2 cm³/mol. The molecule has 1 heterocycles. The van der Waals surface area contributed by atoms with E-state index in [4.69, 9.17) is 0 Å². The molecule has 1 amide bonds. The first-order valence-electron chi connectivity index (χ1n) is 4.99. The Hall–Kier alpha value is -0.710. The summed E-state index contributed by atoms with van der Waals surface area (Å²) in [6, 6.07) is -0.850. The molecule has 2 rings (SSSR count). The predicted octanol–water partition coefficient (Wildman–Crippen LogP) is 0.606. The van der Waals surface area contributed by atoms with E-state index in [-0.39, 0.29) is 18.9 Å². The molecule has 1 aliphatic carbocycles. The zero-order valence-corrected chi connectivity index (χ0v) is 7.93. The van der Waals surface area contributed by atoms with E-state index in [1.54, 1.807) is 0 Å². The minimum Gasteiger partial charge on any atom is -0.331 e. The molecule has 1 saturated carbocycles. The molecule has 0 radical (unpaired) electrons. The van der Waals surface area contributed by atoms with Gasteiger partial charge in [-0.3, -0.25) is 4.79 Å². The fraction of sp³-hybridized carbons (Fsp3) is 0.889. The Morgan fingerprint density at radius 2 is 2.29 bits per heavy atom. The third-order valence-electron chi connectivity index (χ3n) is 2.98. The van der Waals surface area contributed by atoms with E-state index in [9.17, 15) is 13.6 Å². The standard InChI is InChI=1S/C9H14F2N2O/c10-9(11)3-1-2-7(9)13-5-4-12-6-8(13)14/h7,12H,1-6H2. The van der Waals surface area contributed by atoms with Crippen LogP contribution in [0.4, 0.5) is 8.78 Å². The Bertz CT molecular complexity index is 245. The van der Waals surface area contributed by atoms with Gasteiger partial charge in [0.2, 0.25) is 5.91 Å². The lowest BCUT2D eigenvalue weighted by molar-refractivity contribution is -0.143. The number of hydrogen-bond donors (Lipinski definition) is 1. The van der Waals surface area contributed by atoms with Crippen molar-refractivity contribution in [2.24, 2.45) is 0 Å². The Kier molecular flexibility index (Phi) is 2.43. The van der Waals surface area contributed by atoms with Gasteiger partial charge < -0.3 is 10.2 Å². The van der Waals surface area contributed by atoms with E-state index >= 15 is 0 Å². The third kappa shape index (κ3) is 1.61. The largest absolute Gasteiger partial charge is 0.331 e. The minimum absolute atomic E-state index is 0.0745. The summed E-state index contributed by atoms with van der Waals surface area (Å²) < 4.78 is 26.7. The van der Waals surface area contributed by atoms with Gasteiger partial charge in [-0.15, -0.1) is 0 Å². The van der Waals surface area contributed by atoms with E-state index in [0.717, 1.165) is 0 Å². The van der Waals surface area contributed by atoms with Crippen molar-refractivity contribution in [1.29, 1.82) is 0 Å². The topological polar surface area (TPSA) is 32.3 Å². The highest BCUT2D eigenvalue weighted by Crippen LogP contribution is 2.38. The third-order valence-corrected chi connectivity index (χ3v) is 2.98. The van der Waals surface area contributed by atoms with E-state index in [1.165, 1.54) is 4.90 Å². The number of hydrogen-bond acceptors (Lipinski definition) is 2. The molecule has 0 bridgehead atoms. The van der Waals surface area contributed by atoms with Crippen molar-refractivity contribution < 1.29 is 13.6 Å². The van der Waals surface area contributed by atoms with Gasteiger partial charge in [0.1, 0.15) is 0 Å². The van der Waals surface area contributed by atoms with Gasteiger partial charge in [0.15, 0.2) is 0 Å². The maximum atomic E-state index is 13.4. The average molecular weight is 204 g/mol. The monoisotopic (exact) mass is 204 g/mol. The van der Waals surface area contributed by atoms with Crippen molar-refractivity contribution >= 4 is 5.91 Å². The zero-order valence-electron chi connectivity index (χ0n) is 7.93. The molecule has 2 fully saturated rings. The number of rotatable bonds is 1. The first-order valence-corrected chi connectivity index (χ1v) is 4.99. The van der Waals surface area contributed by atoms with Crippen LogP contribution in [0.1, 0.15) is 19.3 Å². The van der Waals surface area contributed by atoms with Crippen LogP contribution in [0.5, 0.6) is 0 Å². The molecule has 1 aliphatic heterocycles. The fourth-order valence-corrected chi connectivity index (χ4v) is 2.24. The summed E-state index contributed by atoms with van der Waals surface area (Å²) in [4.78, 5) is 12.7. The second-order valence-corrected chi connectivity index (χ2v) is 3.93. The lowest BCUT2D eigenvalue weighted by atomic mass is 10.1. The molecule has 3 nitrogen and oxygen atoms in total. The summed E-state index contributed by atoms with van der Waals surface area (Å²) in [6.45, 7) is 1.24. The zero-order chi connectivity index (χ0) is 10.2. The Labute approximate surface area is 81.4 Å². The van der Waals surface area contributed by atoms with Gasteiger partial charge in [-0.2, -0.15) is 0 Å². The van der Waals surface area contributed by atoms with Crippen molar-refractivity contribution in [2.75, 3.05) is 19.6 Å². The summed E-state index contributed by atoms with van der Waals surface area (Å²) in [6.07, 6.45) is 0.891. The molecule has 0 aromatic carbocycles. The van der Waals surface area contributed by atoms with E-state index in [2.05, 4.69) is 5.32 Å². The van der Waals surface area contributed by atoms with Crippen LogP contribution in [0, 0.1) is 0 Å². The molecule has 1 atom stereocenters. The molecule has 5 heteroatoms. The Balaban J connectivity index is 2.09. The smallest absolute Gasteiger partial charge is 0.268 e. The van der Waals surface area contributed by atoms with Crippen molar-refractivity contribution in [3.05, 3.63) is 0 Å². The van der Waals surface area contributed by atoms with E-state index in [1.807, 2.05) is 0 Å². The van der Waals surface area contributed by atoms with E-state index < -0.39 is 12.0 Å². The number of carbonyl (C=O) groups is 1. The highest BCUT2D eigenvalue weighted by Gasteiger charge is 2.48. The molecule has 1 unspecified atom stereocenters. The van der Waals surface area contributed by atoms with Gasteiger partial charge in [-0.1, -0.05) is 0 Å². The summed E-state index contributed by atoms with van der Waals surface area (Å²) in [7, 11) is 0. The van der Waals surface area contributed by atoms with Crippen LogP contribution < -0.4 is 5.32 Å². The maximum Gasteiger partial charge on any atom is 0.268 e. The molecule has 2 aliphatic rings. The summed E-state index contributed by atoms with van der Waals surface area (Å²) in [5.74, 6) is -2.87. The van der Waals surface area contributed by atoms with Crippen molar-refractivity contribution in [3.8, 4) is 0 Å². The molecule has 14 heavy (non-hydrogen) atoms. The first-order chi connectivity index (χ1) is 6.61. The Morgan fingerprint density at radius 3 is 2.86 bits per heavy atom. The molecular formula is C9H14F2N2O. The summed E-state index contributed by atoms with van der Waals surface area (Å²) in [5.41, 5.74) is 0. The number of piperazine rings is 1. The maximum absolute atomic E-state index is 13.4. The van der Waals surface area contributed by atoms with Crippen LogP contribution in [0.25, 0.3) is 0 Å². The quantitative estimate of drug-likeness (QED) is 0.678.